The van der Waals surface area contributed by atoms with Crippen LogP contribution < -0.4 is 10.6 Å². The number of halogens is 1. The van der Waals surface area contributed by atoms with Crippen LogP contribution in [0.5, 0.6) is 0 Å². The van der Waals surface area contributed by atoms with Crippen LogP contribution in [-0.4, -0.2) is 24.5 Å². The summed E-state index contributed by atoms with van der Waals surface area (Å²) in [5, 5.41) is 7.41. The van der Waals surface area contributed by atoms with Crippen molar-refractivity contribution in [3.8, 4) is 0 Å². The van der Waals surface area contributed by atoms with Gasteiger partial charge in [-0.3, -0.25) is 4.79 Å². The summed E-state index contributed by atoms with van der Waals surface area (Å²) in [6.45, 7) is 1.03. The molecule has 2 N–H and O–H groups in total. The summed E-state index contributed by atoms with van der Waals surface area (Å²) >= 11 is 7.57. The zero-order valence-corrected chi connectivity index (χ0v) is 14.7. The number of amides is 1. The van der Waals surface area contributed by atoms with Gasteiger partial charge in [0, 0.05) is 39.0 Å². The van der Waals surface area contributed by atoms with Crippen molar-refractivity contribution in [1.82, 2.24) is 10.6 Å². The maximum absolute atomic E-state index is 12.4. The molecular formula is C19H19ClN2OS. The molecule has 4 rings (SSSR count). The average Bonchev–Trinajstić information content (AvgIpc) is 3.20. The molecule has 5 heteroatoms. The number of hydrogen-bond donors (Lipinski definition) is 2. The van der Waals surface area contributed by atoms with Gasteiger partial charge in [-0.25, -0.2) is 0 Å². The van der Waals surface area contributed by atoms with Gasteiger partial charge in [0.25, 0.3) is 5.91 Å². The van der Waals surface area contributed by atoms with Crippen LogP contribution in [0.15, 0.2) is 58.3 Å². The van der Waals surface area contributed by atoms with Crippen molar-refractivity contribution in [2.75, 3.05) is 6.54 Å². The predicted molar refractivity (Wildman–Crippen MR) is 97.8 cm³/mol. The number of fused-ring (bicyclic) bond motifs is 2. The summed E-state index contributed by atoms with van der Waals surface area (Å²) in [6.07, 6.45) is 2.25. The van der Waals surface area contributed by atoms with Crippen LogP contribution in [0.3, 0.4) is 0 Å². The van der Waals surface area contributed by atoms with Gasteiger partial charge in [-0.1, -0.05) is 23.4 Å². The Labute approximate surface area is 151 Å². The number of piperidine rings is 1. The Morgan fingerprint density at radius 3 is 2.29 bits per heavy atom. The number of rotatable bonds is 4. The van der Waals surface area contributed by atoms with Gasteiger partial charge in [0.1, 0.15) is 0 Å². The van der Waals surface area contributed by atoms with Crippen molar-refractivity contribution in [1.29, 1.82) is 0 Å². The summed E-state index contributed by atoms with van der Waals surface area (Å²) in [7, 11) is 0. The smallest absolute Gasteiger partial charge is 0.251 e. The van der Waals surface area contributed by atoms with Crippen molar-refractivity contribution in [3.63, 3.8) is 0 Å². The van der Waals surface area contributed by atoms with E-state index in [4.69, 9.17) is 11.6 Å². The molecule has 1 amide bonds. The topological polar surface area (TPSA) is 41.1 Å². The lowest BCUT2D eigenvalue weighted by Gasteiger charge is -2.23. The van der Waals surface area contributed by atoms with E-state index in [1.54, 1.807) is 11.8 Å². The third-order valence-corrected chi connectivity index (χ3v) is 6.11. The monoisotopic (exact) mass is 358 g/mol. The lowest BCUT2D eigenvalue weighted by molar-refractivity contribution is 0.0925. The highest BCUT2D eigenvalue weighted by atomic mass is 35.5. The minimum absolute atomic E-state index is 0.0376. The Kier molecular flexibility index (Phi) is 4.53. The molecule has 0 aromatic heterocycles. The summed E-state index contributed by atoms with van der Waals surface area (Å²) in [5.41, 5.74) is 0.728. The van der Waals surface area contributed by atoms with E-state index < -0.39 is 0 Å². The van der Waals surface area contributed by atoms with E-state index in [-0.39, 0.29) is 5.91 Å². The Balaban J connectivity index is 1.38. The third kappa shape index (κ3) is 3.46. The molecule has 1 heterocycles. The third-order valence-electron chi connectivity index (χ3n) is 4.85. The van der Waals surface area contributed by atoms with Gasteiger partial charge in [-0.15, -0.1) is 0 Å². The molecule has 0 spiro atoms. The predicted octanol–water partition coefficient (Wildman–Crippen LogP) is 3.97. The average molecular weight is 359 g/mol. The van der Waals surface area contributed by atoms with Crippen LogP contribution in [0.2, 0.25) is 5.02 Å². The molecule has 3 nitrogen and oxygen atoms in total. The van der Waals surface area contributed by atoms with E-state index in [0.29, 0.717) is 18.0 Å². The molecule has 24 heavy (non-hydrogen) atoms. The maximum Gasteiger partial charge on any atom is 0.251 e. The van der Waals surface area contributed by atoms with E-state index in [2.05, 4.69) is 10.6 Å². The standard InChI is InChI=1S/C19H19ClN2OS/c20-14-3-7-17(8-4-14)24-16-5-1-12(2-6-16)19(23)22-18-10-15-9-13(18)11-21-15/h1-8,13,15,18,21H,9-11H2,(H,22,23). The van der Waals surface area contributed by atoms with Gasteiger partial charge in [0.05, 0.1) is 0 Å². The molecule has 3 unspecified atom stereocenters. The fourth-order valence-electron chi connectivity index (χ4n) is 3.58. The highest BCUT2D eigenvalue weighted by Crippen LogP contribution is 2.32. The molecule has 1 aliphatic carbocycles. The van der Waals surface area contributed by atoms with Crippen molar-refractivity contribution >= 4 is 29.3 Å². The van der Waals surface area contributed by atoms with E-state index >= 15 is 0 Å². The van der Waals surface area contributed by atoms with Crippen LogP contribution >= 0.6 is 23.4 Å². The fraction of sp³-hybridized carbons (Fsp3) is 0.316. The Morgan fingerprint density at radius 1 is 1.04 bits per heavy atom. The Bertz CT molecular complexity index is 732. The second kappa shape index (κ2) is 6.79. The molecule has 2 aromatic rings. The molecule has 1 aliphatic heterocycles. The van der Waals surface area contributed by atoms with Gasteiger partial charge < -0.3 is 10.6 Å². The summed E-state index contributed by atoms with van der Waals surface area (Å²) in [6, 6.07) is 16.5. The fourth-order valence-corrected chi connectivity index (χ4v) is 4.52. The van der Waals surface area contributed by atoms with Crippen molar-refractivity contribution in [3.05, 3.63) is 59.1 Å². The number of benzene rings is 2. The molecule has 3 atom stereocenters. The normalized spacial score (nSPS) is 25.0. The number of hydrogen-bond acceptors (Lipinski definition) is 3. The minimum Gasteiger partial charge on any atom is -0.349 e. The molecule has 2 fully saturated rings. The van der Waals surface area contributed by atoms with Crippen LogP contribution in [0.4, 0.5) is 0 Å². The van der Waals surface area contributed by atoms with Crippen LogP contribution in [0.1, 0.15) is 23.2 Å². The van der Waals surface area contributed by atoms with Crippen LogP contribution in [-0.2, 0) is 0 Å². The molecule has 0 radical (unpaired) electrons. The molecule has 2 aliphatic rings. The first-order valence-corrected chi connectivity index (χ1v) is 9.44. The Hall–Kier alpha value is -1.49. The molecule has 1 saturated carbocycles. The molecule has 2 aromatic carbocycles. The van der Waals surface area contributed by atoms with Gasteiger partial charge in [0.2, 0.25) is 0 Å². The quantitative estimate of drug-likeness (QED) is 0.868. The van der Waals surface area contributed by atoms with Crippen molar-refractivity contribution < 1.29 is 4.79 Å². The molecule has 124 valence electrons. The summed E-state index contributed by atoms with van der Waals surface area (Å²) in [5.74, 6) is 0.634. The minimum atomic E-state index is 0.0376. The first-order valence-electron chi connectivity index (χ1n) is 8.25. The van der Waals surface area contributed by atoms with E-state index in [9.17, 15) is 4.79 Å². The van der Waals surface area contributed by atoms with Gasteiger partial charge in [-0.05, 0) is 67.3 Å². The number of nitrogens with one attached hydrogen (secondary N) is 2. The molecular weight excluding hydrogens is 340 g/mol. The highest BCUT2D eigenvalue weighted by Gasteiger charge is 2.39. The van der Waals surface area contributed by atoms with Gasteiger partial charge in [-0.2, -0.15) is 0 Å². The summed E-state index contributed by atoms with van der Waals surface area (Å²) < 4.78 is 0. The zero-order valence-electron chi connectivity index (χ0n) is 13.2. The van der Waals surface area contributed by atoms with Crippen molar-refractivity contribution in [2.45, 2.75) is 34.7 Å². The highest BCUT2D eigenvalue weighted by molar-refractivity contribution is 7.99. The first-order chi connectivity index (χ1) is 11.7. The lowest BCUT2D eigenvalue weighted by atomic mass is 10.0. The number of carbonyl (C=O) groups excluding carboxylic acids is 1. The number of carbonyl (C=O) groups is 1. The first kappa shape index (κ1) is 16.0. The maximum atomic E-state index is 12.4. The SMILES string of the molecule is O=C(NC1CC2CC1CN2)c1ccc(Sc2ccc(Cl)cc2)cc1. The lowest BCUT2D eigenvalue weighted by Crippen LogP contribution is -2.44. The van der Waals surface area contributed by atoms with Crippen LogP contribution in [0.25, 0.3) is 0 Å². The molecule has 1 saturated heterocycles. The zero-order chi connectivity index (χ0) is 16.5. The van der Waals surface area contributed by atoms with Crippen LogP contribution in [0, 0.1) is 5.92 Å². The second-order valence-corrected chi connectivity index (χ2v) is 8.08. The largest absolute Gasteiger partial charge is 0.349 e. The summed E-state index contributed by atoms with van der Waals surface area (Å²) in [4.78, 5) is 14.7. The Morgan fingerprint density at radius 2 is 1.71 bits per heavy atom. The second-order valence-electron chi connectivity index (χ2n) is 6.50. The van der Waals surface area contributed by atoms with E-state index in [0.717, 1.165) is 33.3 Å². The van der Waals surface area contributed by atoms with E-state index in [1.165, 1.54) is 6.42 Å². The van der Waals surface area contributed by atoms with Gasteiger partial charge >= 0.3 is 0 Å². The van der Waals surface area contributed by atoms with Crippen molar-refractivity contribution in [2.24, 2.45) is 5.92 Å². The van der Waals surface area contributed by atoms with E-state index in [1.807, 2.05) is 48.5 Å². The van der Waals surface area contributed by atoms with Gasteiger partial charge in [0.15, 0.2) is 0 Å². The molecule has 2 bridgehead atoms.